The molecule has 0 aliphatic carbocycles. The van der Waals surface area contributed by atoms with E-state index in [0.717, 1.165) is 5.56 Å². The lowest BCUT2D eigenvalue weighted by Crippen LogP contribution is -2.13. The Labute approximate surface area is 155 Å². The van der Waals surface area contributed by atoms with Crippen LogP contribution in [0.4, 0.5) is 4.39 Å². The van der Waals surface area contributed by atoms with Crippen LogP contribution in [0, 0.1) is 35.9 Å². The van der Waals surface area contributed by atoms with E-state index in [4.69, 9.17) is 4.74 Å². The van der Waals surface area contributed by atoms with Gasteiger partial charge in [-0.1, -0.05) is 17.9 Å². The van der Waals surface area contributed by atoms with Crippen LogP contribution in [0.3, 0.4) is 0 Å². The molecule has 0 aliphatic rings. The maximum absolute atomic E-state index is 13.8. The maximum Gasteiger partial charge on any atom is 0.266 e. The van der Waals surface area contributed by atoms with Gasteiger partial charge in [0.1, 0.15) is 23.2 Å². The molecule has 2 aromatic carbocycles. The highest BCUT2D eigenvalue weighted by Gasteiger charge is 2.13. The summed E-state index contributed by atoms with van der Waals surface area (Å²) in [5.74, 6) is 6.19. The molecule has 4 nitrogen and oxygen atoms in total. The van der Waals surface area contributed by atoms with Crippen molar-refractivity contribution in [2.45, 2.75) is 6.92 Å². The summed E-state index contributed by atoms with van der Waals surface area (Å²) in [6.45, 7) is 1.72. The van der Waals surface area contributed by atoms with Crippen LogP contribution in [0.25, 0.3) is 11.1 Å². The molecule has 0 saturated carbocycles. The second-order valence-electron chi connectivity index (χ2n) is 5.85. The third kappa shape index (κ3) is 3.89. The van der Waals surface area contributed by atoms with Crippen LogP contribution in [0.5, 0.6) is 5.75 Å². The Hall–Kier alpha value is -3.83. The number of nitrogens with one attached hydrogen (secondary N) is 1. The van der Waals surface area contributed by atoms with Crippen molar-refractivity contribution in [2.75, 3.05) is 7.11 Å². The van der Waals surface area contributed by atoms with E-state index in [2.05, 4.69) is 16.8 Å². The first-order valence-electron chi connectivity index (χ1n) is 8.12. The number of hydrogen-bond acceptors (Lipinski definition) is 3. The number of benzene rings is 2. The number of pyridine rings is 1. The van der Waals surface area contributed by atoms with Gasteiger partial charge in [-0.3, -0.25) is 4.79 Å². The number of halogens is 1. The zero-order chi connectivity index (χ0) is 19.4. The molecule has 27 heavy (non-hydrogen) atoms. The lowest BCUT2D eigenvalue weighted by atomic mass is 9.96. The molecule has 5 heteroatoms. The Bertz CT molecular complexity index is 1160. The zero-order valence-corrected chi connectivity index (χ0v) is 14.8. The standard InChI is InChI=1S/C22H15FN2O2/c1-14-11-20(21(13-24)22(26)25-14)19-10-7-17(23)12-16(19)6-3-15-4-8-18(27-2)9-5-15/h4-5,7-12H,1-2H3,(H,25,26). The lowest BCUT2D eigenvalue weighted by molar-refractivity contribution is 0.415. The predicted octanol–water partition coefficient (Wildman–Crippen LogP) is 3.77. The first-order chi connectivity index (χ1) is 13.0. The van der Waals surface area contributed by atoms with E-state index in [9.17, 15) is 14.4 Å². The molecule has 0 radical (unpaired) electrons. The largest absolute Gasteiger partial charge is 0.497 e. The average molecular weight is 358 g/mol. The normalized spacial score (nSPS) is 9.85. The molecule has 132 valence electrons. The van der Waals surface area contributed by atoms with Crippen molar-refractivity contribution in [3.63, 3.8) is 0 Å². The van der Waals surface area contributed by atoms with Crippen molar-refractivity contribution in [3.8, 4) is 34.8 Å². The number of ether oxygens (including phenoxy) is 1. The fourth-order valence-corrected chi connectivity index (χ4v) is 2.68. The van der Waals surface area contributed by atoms with E-state index in [0.29, 0.717) is 28.1 Å². The minimum absolute atomic E-state index is 0.0281. The quantitative estimate of drug-likeness (QED) is 0.709. The van der Waals surface area contributed by atoms with Gasteiger partial charge in [-0.05, 0) is 55.0 Å². The van der Waals surface area contributed by atoms with Crippen molar-refractivity contribution in [2.24, 2.45) is 0 Å². The third-order valence-electron chi connectivity index (χ3n) is 3.98. The summed E-state index contributed by atoms with van der Waals surface area (Å²) in [6.07, 6.45) is 0. The molecule has 0 unspecified atom stereocenters. The van der Waals surface area contributed by atoms with Crippen molar-refractivity contribution < 1.29 is 9.13 Å². The molecule has 0 fully saturated rings. The summed E-state index contributed by atoms with van der Waals surface area (Å²) < 4.78 is 18.9. The van der Waals surface area contributed by atoms with E-state index in [1.807, 2.05) is 6.07 Å². The van der Waals surface area contributed by atoms with E-state index < -0.39 is 11.4 Å². The first-order valence-corrected chi connectivity index (χ1v) is 8.12. The SMILES string of the molecule is COc1ccc(C#Cc2cc(F)ccc2-c2cc(C)[nH]c(=O)c2C#N)cc1. The van der Waals surface area contributed by atoms with Gasteiger partial charge < -0.3 is 9.72 Å². The molecular weight excluding hydrogens is 343 g/mol. The van der Waals surface area contributed by atoms with Crippen LogP contribution in [0.15, 0.2) is 53.3 Å². The molecule has 3 rings (SSSR count). The van der Waals surface area contributed by atoms with E-state index >= 15 is 0 Å². The molecule has 0 spiro atoms. The monoisotopic (exact) mass is 358 g/mol. The molecule has 0 atom stereocenters. The molecule has 1 N–H and O–H groups in total. The third-order valence-corrected chi connectivity index (χ3v) is 3.98. The molecule has 0 bridgehead atoms. The summed E-state index contributed by atoms with van der Waals surface area (Å²) in [6, 6.07) is 14.9. The maximum atomic E-state index is 13.8. The Balaban J connectivity index is 2.15. The van der Waals surface area contributed by atoms with Gasteiger partial charge in [0, 0.05) is 22.4 Å². The van der Waals surface area contributed by atoms with E-state index in [-0.39, 0.29) is 5.56 Å². The first kappa shape index (κ1) is 18.0. The van der Waals surface area contributed by atoms with Crippen LogP contribution in [0.2, 0.25) is 0 Å². The van der Waals surface area contributed by atoms with Gasteiger partial charge in [-0.2, -0.15) is 5.26 Å². The number of aromatic amines is 1. The highest BCUT2D eigenvalue weighted by Crippen LogP contribution is 2.26. The topological polar surface area (TPSA) is 65.9 Å². The molecule has 1 heterocycles. The highest BCUT2D eigenvalue weighted by molar-refractivity contribution is 5.76. The Morgan fingerprint density at radius 1 is 1.04 bits per heavy atom. The molecule has 1 aromatic heterocycles. The van der Waals surface area contributed by atoms with Gasteiger partial charge >= 0.3 is 0 Å². The fraction of sp³-hybridized carbons (Fsp3) is 0.0909. The van der Waals surface area contributed by atoms with Crippen LogP contribution in [-0.2, 0) is 0 Å². The lowest BCUT2D eigenvalue weighted by Gasteiger charge is -2.08. The Kier molecular flexibility index (Phi) is 5.06. The smallest absolute Gasteiger partial charge is 0.266 e. The Morgan fingerprint density at radius 2 is 1.78 bits per heavy atom. The number of aryl methyl sites for hydroxylation is 1. The minimum atomic E-state index is -0.481. The van der Waals surface area contributed by atoms with E-state index in [1.165, 1.54) is 18.2 Å². The minimum Gasteiger partial charge on any atom is -0.497 e. The molecule has 3 aromatic rings. The summed E-state index contributed by atoms with van der Waals surface area (Å²) in [5, 5.41) is 9.36. The predicted molar refractivity (Wildman–Crippen MR) is 101 cm³/mol. The van der Waals surface area contributed by atoms with Gasteiger partial charge in [0.15, 0.2) is 0 Å². The fourth-order valence-electron chi connectivity index (χ4n) is 2.68. The zero-order valence-electron chi connectivity index (χ0n) is 14.8. The average Bonchev–Trinajstić information content (AvgIpc) is 2.66. The molecule has 0 amide bonds. The van der Waals surface area contributed by atoms with E-state index in [1.54, 1.807) is 44.4 Å². The van der Waals surface area contributed by atoms with Gasteiger partial charge in [0.05, 0.1) is 7.11 Å². The van der Waals surface area contributed by atoms with Crippen molar-refractivity contribution in [1.29, 1.82) is 5.26 Å². The number of nitrogens with zero attached hydrogens (tertiary/aromatic N) is 1. The summed E-state index contributed by atoms with van der Waals surface area (Å²) in [4.78, 5) is 14.7. The van der Waals surface area contributed by atoms with Crippen molar-refractivity contribution in [1.82, 2.24) is 4.98 Å². The van der Waals surface area contributed by atoms with Crippen LogP contribution in [0.1, 0.15) is 22.4 Å². The van der Waals surface area contributed by atoms with Gasteiger partial charge in [0.2, 0.25) is 0 Å². The summed E-state index contributed by atoms with van der Waals surface area (Å²) >= 11 is 0. The summed E-state index contributed by atoms with van der Waals surface area (Å²) in [7, 11) is 1.58. The second kappa shape index (κ2) is 7.59. The van der Waals surface area contributed by atoms with Crippen LogP contribution in [-0.4, -0.2) is 12.1 Å². The Morgan fingerprint density at radius 3 is 2.44 bits per heavy atom. The second-order valence-corrected chi connectivity index (χ2v) is 5.85. The van der Waals surface area contributed by atoms with Crippen LogP contribution >= 0.6 is 0 Å². The number of hydrogen-bond donors (Lipinski definition) is 1. The number of rotatable bonds is 2. The number of methoxy groups -OCH3 is 1. The molecule has 0 saturated heterocycles. The van der Waals surface area contributed by atoms with Gasteiger partial charge in [0.25, 0.3) is 5.56 Å². The van der Waals surface area contributed by atoms with Gasteiger partial charge in [-0.25, -0.2) is 4.39 Å². The summed E-state index contributed by atoms with van der Waals surface area (Å²) in [5.41, 5.74) is 2.18. The van der Waals surface area contributed by atoms with Crippen molar-refractivity contribution >= 4 is 0 Å². The molecular formula is C22H15FN2O2. The number of nitriles is 1. The van der Waals surface area contributed by atoms with Crippen LogP contribution < -0.4 is 10.3 Å². The van der Waals surface area contributed by atoms with Gasteiger partial charge in [-0.15, -0.1) is 0 Å². The highest BCUT2D eigenvalue weighted by atomic mass is 19.1. The molecule has 0 aliphatic heterocycles. The number of aromatic nitrogens is 1. The van der Waals surface area contributed by atoms with Crippen molar-refractivity contribution in [3.05, 3.63) is 87.1 Å². The number of H-pyrrole nitrogens is 1.